The molecule has 0 bridgehead atoms. The van der Waals surface area contributed by atoms with Crippen LogP contribution in [0.25, 0.3) is 0 Å². The van der Waals surface area contributed by atoms with Crippen molar-refractivity contribution in [3.8, 4) is 0 Å². The Morgan fingerprint density at radius 1 is 1.22 bits per heavy atom. The van der Waals surface area contributed by atoms with Gasteiger partial charge in [0.15, 0.2) is 0 Å². The van der Waals surface area contributed by atoms with Gasteiger partial charge in [-0.1, -0.05) is 42.5 Å². The van der Waals surface area contributed by atoms with Crippen LogP contribution in [0.4, 0.5) is 10.5 Å². The van der Waals surface area contributed by atoms with Gasteiger partial charge < -0.3 is 9.84 Å². The maximum atomic E-state index is 12.4. The van der Waals surface area contributed by atoms with E-state index in [1.165, 1.54) is 4.90 Å². The van der Waals surface area contributed by atoms with Gasteiger partial charge in [-0.15, -0.1) is 0 Å². The highest BCUT2D eigenvalue weighted by Gasteiger charge is 2.39. The second-order valence-electron chi connectivity index (χ2n) is 5.60. The quantitative estimate of drug-likeness (QED) is 0.945. The fourth-order valence-corrected chi connectivity index (χ4v) is 2.75. The van der Waals surface area contributed by atoms with Crippen LogP contribution in [-0.4, -0.2) is 23.2 Å². The second-order valence-corrected chi connectivity index (χ2v) is 5.60. The van der Waals surface area contributed by atoms with Gasteiger partial charge in [-0.05, 0) is 29.7 Å². The molecular weight excluding hydrogens is 294 g/mol. The molecule has 0 aromatic heterocycles. The van der Waals surface area contributed by atoms with Gasteiger partial charge >= 0.3 is 12.1 Å². The third-order valence-electron chi connectivity index (χ3n) is 3.91. The first-order valence-corrected chi connectivity index (χ1v) is 7.38. The zero-order chi connectivity index (χ0) is 16.4. The van der Waals surface area contributed by atoms with Gasteiger partial charge in [-0.2, -0.15) is 0 Å². The summed E-state index contributed by atoms with van der Waals surface area (Å²) < 4.78 is 5.31. The lowest BCUT2D eigenvalue weighted by Gasteiger charge is -2.22. The summed E-state index contributed by atoms with van der Waals surface area (Å²) in [7, 11) is 0. The van der Waals surface area contributed by atoms with Crippen LogP contribution in [0.1, 0.15) is 16.7 Å². The topological polar surface area (TPSA) is 66.8 Å². The molecule has 3 rings (SSSR count). The first-order valence-electron chi connectivity index (χ1n) is 7.38. The van der Waals surface area contributed by atoms with Crippen LogP contribution in [0.5, 0.6) is 0 Å². The third kappa shape index (κ3) is 3.04. The summed E-state index contributed by atoms with van der Waals surface area (Å²) in [4.78, 5) is 25.2. The lowest BCUT2D eigenvalue weighted by molar-refractivity contribution is -0.138. The van der Waals surface area contributed by atoms with Crippen LogP contribution in [0.15, 0.2) is 48.5 Å². The normalized spacial score (nSPS) is 16.0. The minimum Gasteiger partial charge on any atom is -0.480 e. The molecule has 1 aliphatic rings. The zero-order valence-corrected chi connectivity index (χ0v) is 12.7. The number of benzene rings is 2. The molecule has 1 amide bonds. The average Bonchev–Trinajstić information content (AvgIpc) is 2.92. The number of aryl methyl sites for hydroxylation is 1. The number of rotatable bonds is 3. The van der Waals surface area contributed by atoms with E-state index in [4.69, 9.17) is 4.74 Å². The molecule has 0 saturated heterocycles. The molecule has 2 aromatic carbocycles. The minimum absolute atomic E-state index is 0.115. The van der Waals surface area contributed by atoms with E-state index in [2.05, 4.69) is 0 Å². The maximum Gasteiger partial charge on any atom is 0.415 e. The Hall–Kier alpha value is -2.82. The fraction of sp³-hybridized carbons (Fsp3) is 0.222. The zero-order valence-electron chi connectivity index (χ0n) is 12.7. The lowest BCUT2D eigenvalue weighted by atomic mass is 10.1. The number of carbonyl (C=O) groups excluding carboxylic acids is 1. The van der Waals surface area contributed by atoms with Crippen molar-refractivity contribution in [1.29, 1.82) is 0 Å². The Kier molecular flexibility index (Phi) is 4.02. The summed E-state index contributed by atoms with van der Waals surface area (Å²) in [6.45, 7) is 2.02. The van der Waals surface area contributed by atoms with Crippen molar-refractivity contribution in [2.45, 2.75) is 26.0 Å². The molecule has 1 N–H and O–H groups in total. The lowest BCUT2D eigenvalue weighted by Crippen LogP contribution is -2.43. The van der Waals surface area contributed by atoms with Gasteiger partial charge in [0.1, 0.15) is 12.6 Å². The molecule has 0 saturated carbocycles. The van der Waals surface area contributed by atoms with E-state index in [0.717, 1.165) is 16.7 Å². The molecule has 0 aliphatic carbocycles. The highest BCUT2D eigenvalue weighted by Crippen LogP contribution is 2.33. The summed E-state index contributed by atoms with van der Waals surface area (Å²) in [5.41, 5.74) is 3.29. The van der Waals surface area contributed by atoms with Gasteiger partial charge in [0.25, 0.3) is 0 Å². The van der Waals surface area contributed by atoms with E-state index in [1.807, 2.05) is 55.5 Å². The van der Waals surface area contributed by atoms with E-state index in [9.17, 15) is 14.7 Å². The number of aliphatic carboxylic acids is 1. The van der Waals surface area contributed by atoms with Gasteiger partial charge in [-0.3, -0.25) is 4.90 Å². The summed E-state index contributed by atoms with van der Waals surface area (Å²) in [5.74, 6) is -1.03. The summed E-state index contributed by atoms with van der Waals surface area (Å²) >= 11 is 0. The fourth-order valence-electron chi connectivity index (χ4n) is 2.75. The average molecular weight is 311 g/mol. The first-order chi connectivity index (χ1) is 11.1. The number of carbonyl (C=O) groups is 2. The Labute approximate surface area is 134 Å². The van der Waals surface area contributed by atoms with Crippen molar-refractivity contribution in [2.75, 3.05) is 4.90 Å². The van der Waals surface area contributed by atoms with Crippen LogP contribution in [0, 0.1) is 6.92 Å². The highest BCUT2D eigenvalue weighted by atomic mass is 16.6. The number of carboxylic acid groups (broad SMARTS) is 1. The molecular formula is C18H17NO4. The van der Waals surface area contributed by atoms with Gasteiger partial charge in [0.05, 0.1) is 5.69 Å². The Morgan fingerprint density at radius 3 is 2.65 bits per heavy atom. The molecule has 0 unspecified atom stereocenters. The van der Waals surface area contributed by atoms with Crippen LogP contribution < -0.4 is 4.90 Å². The summed E-state index contributed by atoms with van der Waals surface area (Å²) in [5, 5.41) is 9.41. The first kappa shape index (κ1) is 15.1. The van der Waals surface area contributed by atoms with Crippen molar-refractivity contribution in [1.82, 2.24) is 0 Å². The second kappa shape index (κ2) is 6.12. The third-order valence-corrected chi connectivity index (χ3v) is 3.91. The number of anilines is 1. The maximum absolute atomic E-state index is 12.4. The largest absolute Gasteiger partial charge is 0.480 e. The highest BCUT2D eigenvalue weighted by molar-refractivity contribution is 5.98. The number of hydrogen-bond acceptors (Lipinski definition) is 3. The van der Waals surface area contributed by atoms with Crippen LogP contribution >= 0.6 is 0 Å². The molecule has 1 aliphatic heterocycles. The van der Waals surface area contributed by atoms with E-state index in [0.29, 0.717) is 12.1 Å². The molecule has 23 heavy (non-hydrogen) atoms. The molecule has 0 fully saturated rings. The predicted molar refractivity (Wildman–Crippen MR) is 85.4 cm³/mol. The predicted octanol–water partition coefficient (Wildman–Crippen LogP) is 3.15. The summed E-state index contributed by atoms with van der Waals surface area (Å²) in [6.07, 6.45) is -0.337. The Bertz CT molecular complexity index is 742. The smallest absolute Gasteiger partial charge is 0.415 e. The molecule has 5 heteroatoms. The number of nitrogens with zero attached hydrogens (tertiary/aromatic N) is 1. The van der Waals surface area contributed by atoms with Crippen LogP contribution in [0.3, 0.4) is 0 Å². The molecule has 2 aromatic rings. The molecule has 0 spiro atoms. The standard InChI is InChI=1S/C18H17NO4/c1-12-7-8-14-10-16(17(20)21)19(15(14)9-12)18(22)23-11-13-5-3-2-4-6-13/h2-9,16H,10-11H2,1H3,(H,20,21)/t16-/m1/s1. The number of carboxylic acids is 1. The number of ether oxygens (including phenoxy) is 1. The molecule has 1 atom stereocenters. The summed E-state index contributed by atoms with van der Waals surface area (Å²) in [6, 6.07) is 14.0. The van der Waals surface area contributed by atoms with Crippen LogP contribution in [0.2, 0.25) is 0 Å². The monoisotopic (exact) mass is 311 g/mol. The van der Waals surface area contributed by atoms with Gasteiger partial charge in [-0.25, -0.2) is 9.59 Å². The van der Waals surface area contributed by atoms with Gasteiger partial charge in [0, 0.05) is 6.42 Å². The van der Waals surface area contributed by atoms with Crippen molar-refractivity contribution in [3.05, 3.63) is 65.2 Å². The SMILES string of the molecule is Cc1ccc2c(c1)N(C(=O)OCc1ccccc1)[C@@H](C(=O)O)C2. The number of hydrogen-bond donors (Lipinski definition) is 1. The van der Waals surface area contributed by atoms with Crippen molar-refractivity contribution >= 4 is 17.7 Å². The van der Waals surface area contributed by atoms with E-state index >= 15 is 0 Å². The number of amides is 1. The van der Waals surface area contributed by atoms with E-state index in [-0.39, 0.29) is 6.61 Å². The molecule has 5 nitrogen and oxygen atoms in total. The Morgan fingerprint density at radius 2 is 1.96 bits per heavy atom. The minimum atomic E-state index is -1.03. The van der Waals surface area contributed by atoms with Gasteiger partial charge in [0.2, 0.25) is 0 Å². The molecule has 1 heterocycles. The van der Waals surface area contributed by atoms with E-state index < -0.39 is 18.1 Å². The van der Waals surface area contributed by atoms with Crippen molar-refractivity contribution in [2.24, 2.45) is 0 Å². The molecule has 118 valence electrons. The Balaban J connectivity index is 1.82. The van der Waals surface area contributed by atoms with Crippen LogP contribution in [-0.2, 0) is 22.6 Å². The number of fused-ring (bicyclic) bond motifs is 1. The molecule has 0 radical (unpaired) electrons. The van der Waals surface area contributed by atoms with Crippen molar-refractivity contribution < 1.29 is 19.4 Å². The van der Waals surface area contributed by atoms with E-state index in [1.54, 1.807) is 0 Å². The van der Waals surface area contributed by atoms with Crippen molar-refractivity contribution in [3.63, 3.8) is 0 Å².